The summed E-state index contributed by atoms with van der Waals surface area (Å²) in [6.45, 7) is 3.21. The predicted molar refractivity (Wildman–Crippen MR) is 107 cm³/mol. The van der Waals surface area contributed by atoms with E-state index in [0.717, 1.165) is 30.2 Å². The molecule has 1 aliphatic heterocycles. The van der Waals surface area contributed by atoms with Crippen molar-refractivity contribution >= 4 is 5.91 Å². The Morgan fingerprint density at radius 2 is 2.07 bits per heavy atom. The SMILES string of the molecule is Cc1nccn1-c1cccc([C@@H]2CCCN(C(=O)COc3ccc(F)cc3)C2)n1. The number of carbonyl (C=O) groups is 1. The van der Waals surface area contributed by atoms with Crippen molar-refractivity contribution in [3.05, 3.63) is 72.2 Å². The van der Waals surface area contributed by atoms with E-state index in [1.165, 1.54) is 24.3 Å². The summed E-state index contributed by atoms with van der Waals surface area (Å²) in [5, 5.41) is 0. The Morgan fingerprint density at radius 1 is 1.24 bits per heavy atom. The predicted octanol–water partition coefficient (Wildman–Crippen LogP) is 3.50. The summed E-state index contributed by atoms with van der Waals surface area (Å²) in [5.74, 6) is 1.98. The van der Waals surface area contributed by atoms with Crippen molar-refractivity contribution in [1.29, 1.82) is 0 Å². The molecule has 6 nitrogen and oxygen atoms in total. The van der Waals surface area contributed by atoms with Crippen molar-refractivity contribution in [2.45, 2.75) is 25.7 Å². The van der Waals surface area contributed by atoms with Crippen LogP contribution in [0.3, 0.4) is 0 Å². The van der Waals surface area contributed by atoms with Gasteiger partial charge in [-0.1, -0.05) is 6.07 Å². The van der Waals surface area contributed by atoms with Gasteiger partial charge in [-0.15, -0.1) is 0 Å². The molecule has 1 aliphatic rings. The van der Waals surface area contributed by atoms with Gasteiger partial charge in [0, 0.05) is 37.1 Å². The Hall–Kier alpha value is -3.22. The topological polar surface area (TPSA) is 60.2 Å². The molecule has 1 amide bonds. The lowest BCUT2D eigenvalue weighted by Gasteiger charge is -2.32. The van der Waals surface area contributed by atoms with Crippen LogP contribution < -0.4 is 4.74 Å². The lowest BCUT2D eigenvalue weighted by molar-refractivity contribution is -0.134. The maximum absolute atomic E-state index is 13.0. The van der Waals surface area contributed by atoms with E-state index in [-0.39, 0.29) is 24.2 Å². The van der Waals surface area contributed by atoms with E-state index in [4.69, 9.17) is 9.72 Å². The fraction of sp³-hybridized carbons (Fsp3) is 0.318. The number of halogens is 1. The number of imidazole rings is 1. The summed E-state index contributed by atoms with van der Waals surface area (Å²) in [6, 6.07) is 11.7. The van der Waals surface area contributed by atoms with Crippen molar-refractivity contribution < 1.29 is 13.9 Å². The zero-order valence-electron chi connectivity index (χ0n) is 16.3. The third-order valence-corrected chi connectivity index (χ3v) is 5.20. The first kappa shape index (κ1) is 19.1. The number of aromatic nitrogens is 3. The molecule has 29 heavy (non-hydrogen) atoms. The highest BCUT2D eigenvalue weighted by atomic mass is 19.1. The van der Waals surface area contributed by atoms with Crippen molar-refractivity contribution in [3.8, 4) is 11.6 Å². The van der Waals surface area contributed by atoms with E-state index >= 15 is 0 Å². The molecule has 1 aromatic carbocycles. The molecule has 3 heterocycles. The van der Waals surface area contributed by atoms with Crippen molar-refractivity contribution in [3.63, 3.8) is 0 Å². The lowest BCUT2D eigenvalue weighted by Crippen LogP contribution is -2.41. The van der Waals surface area contributed by atoms with Crippen molar-refractivity contribution in [2.24, 2.45) is 0 Å². The van der Waals surface area contributed by atoms with E-state index in [1.807, 2.05) is 40.8 Å². The largest absolute Gasteiger partial charge is 0.484 e. The molecule has 4 rings (SSSR count). The number of benzene rings is 1. The number of aryl methyl sites for hydroxylation is 1. The molecule has 0 aliphatic carbocycles. The van der Waals surface area contributed by atoms with Crippen LogP contribution >= 0.6 is 0 Å². The van der Waals surface area contributed by atoms with Crippen LogP contribution in [-0.4, -0.2) is 45.0 Å². The molecule has 1 saturated heterocycles. The zero-order chi connectivity index (χ0) is 20.2. The number of nitrogens with zero attached hydrogens (tertiary/aromatic N) is 4. The normalized spacial score (nSPS) is 16.6. The third-order valence-electron chi connectivity index (χ3n) is 5.20. The monoisotopic (exact) mass is 394 g/mol. The minimum Gasteiger partial charge on any atom is -0.484 e. The lowest BCUT2D eigenvalue weighted by atomic mass is 9.94. The van der Waals surface area contributed by atoms with Crippen LogP contribution in [0.2, 0.25) is 0 Å². The number of carbonyl (C=O) groups excluding carboxylic acids is 1. The highest BCUT2D eigenvalue weighted by Crippen LogP contribution is 2.26. The first-order valence-electron chi connectivity index (χ1n) is 9.73. The van der Waals surface area contributed by atoms with Crippen molar-refractivity contribution in [1.82, 2.24) is 19.4 Å². The average molecular weight is 394 g/mol. The van der Waals surface area contributed by atoms with Crippen LogP contribution in [0.15, 0.2) is 54.9 Å². The number of hydrogen-bond acceptors (Lipinski definition) is 4. The Kier molecular flexibility index (Phi) is 5.55. The average Bonchev–Trinajstić information content (AvgIpc) is 3.19. The zero-order valence-corrected chi connectivity index (χ0v) is 16.3. The highest BCUT2D eigenvalue weighted by Gasteiger charge is 2.26. The first-order chi connectivity index (χ1) is 14.1. The molecule has 0 spiro atoms. The standard InChI is InChI=1S/C22H23FN4O2/c1-16-24-11-13-27(16)21-6-2-5-20(25-21)17-4-3-12-26(14-17)22(28)15-29-19-9-7-18(23)8-10-19/h2,5-11,13,17H,3-4,12,14-15H2,1H3/t17-/m1/s1. The summed E-state index contributed by atoms with van der Waals surface area (Å²) in [5.41, 5.74) is 0.979. The van der Waals surface area contributed by atoms with Crippen LogP contribution in [0.4, 0.5) is 4.39 Å². The second-order valence-corrected chi connectivity index (χ2v) is 7.19. The van der Waals surface area contributed by atoms with Gasteiger partial charge in [0.05, 0.1) is 0 Å². The molecule has 150 valence electrons. The van der Waals surface area contributed by atoms with Crippen LogP contribution in [0.5, 0.6) is 5.75 Å². The fourth-order valence-corrected chi connectivity index (χ4v) is 3.63. The Morgan fingerprint density at radius 3 is 2.83 bits per heavy atom. The van der Waals surface area contributed by atoms with Gasteiger partial charge in [0.25, 0.3) is 5.91 Å². The summed E-state index contributed by atoms with van der Waals surface area (Å²) >= 11 is 0. The summed E-state index contributed by atoms with van der Waals surface area (Å²) in [4.78, 5) is 23.5. The molecule has 0 bridgehead atoms. The summed E-state index contributed by atoms with van der Waals surface area (Å²) in [7, 11) is 0. The number of hydrogen-bond donors (Lipinski definition) is 0. The minimum absolute atomic E-state index is 0.0555. The first-order valence-corrected chi connectivity index (χ1v) is 9.73. The molecule has 3 aromatic rings. The van der Waals surface area contributed by atoms with Crippen molar-refractivity contribution in [2.75, 3.05) is 19.7 Å². The van der Waals surface area contributed by atoms with E-state index in [2.05, 4.69) is 4.98 Å². The highest BCUT2D eigenvalue weighted by molar-refractivity contribution is 5.78. The maximum atomic E-state index is 13.0. The van der Waals surface area contributed by atoms with Gasteiger partial charge in [-0.25, -0.2) is 14.4 Å². The molecular formula is C22H23FN4O2. The van der Waals surface area contributed by atoms with Crippen LogP contribution in [0.25, 0.3) is 5.82 Å². The minimum atomic E-state index is -0.330. The number of pyridine rings is 1. The molecule has 1 fully saturated rings. The van der Waals surface area contributed by atoms with Gasteiger partial charge in [0.15, 0.2) is 6.61 Å². The van der Waals surface area contributed by atoms with Gasteiger partial charge in [-0.3, -0.25) is 9.36 Å². The molecule has 0 N–H and O–H groups in total. The van der Waals surface area contributed by atoms with E-state index < -0.39 is 0 Å². The second-order valence-electron chi connectivity index (χ2n) is 7.19. The molecule has 1 atom stereocenters. The Labute approximate surface area is 169 Å². The molecule has 7 heteroatoms. The molecule has 0 unspecified atom stereocenters. The van der Waals surface area contributed by atoms with Crippen LogP contribution in [0, 0.1) is 12.7 Å². The Bertz CT molecular complexity index is 986. The number of ether oxygens (including phenoxy) is 1. The van der Waals surface area contributed by atoms with E-state index in [0.29, 0.717) is 18.8 Å². The maximum Gasteiger partial charge on any atom is 0.260 e. The third kappa shape index (κ3) is 4.45. The smallest absolute Gasteiger partial charge is 0.260 e. The molecular weight excluding hydrogens is 371 g/mol. The Balaban J connectivity index is 1.41. The van der Waals surface area contributed by atoms with Gasteiger partial charge in [-0.05, 0) is 56.2 Å². The molecule has 0 saturated carbocycles. The molecule has 2 aromatic heterocycles. The summed E-state index contributed by atoms with van der Waals surface area (Å²) < 4.78 is 20.4. The number of amides is 1. The fourth-order valence-electron chi connectivity index (χ4n) is 3.63. The molecule has 0 radical (unpaired) electrons. The second kappa shape index (κ2) is 8.43. The van der Waals surface area contributed by atoms with E-state index in [1.54, 1.807) is 6.20 Å². The summed E-state index contributed by atoms with van der Waals surface area (Å²) in [6.07, 6.45) is 5.56. The van der Waals surface area contributed by atoms with Gasteiger partial charge < -0.3 is 9.64 Å². The van der Waals surface area contributed by atoms with E-state index in [9.17, 15) is 9.18 Å². The van der Waals surface area contributed by atoms with Gasteiger partial charge >= 0.3 is 0 Å². The number of rotatable bonds is 5. The van der Waals surface area contributed by atoms with Gasteiger partial charge in [-0.2, -0.15) is 0 Å². The van der Waals surface area contributed by atoms with Gasteiger partial charge in [0.2, 0.25) is 0 Å². The quantitative estimate of drug-likeness (QED) is 0.665. The van der Waals surface area contributed by atoms with Crippen LogP contribution in [-0.2, 0) is 4.79 Å². The number of likely N-dealkylation sites (tertiary alicyclic amines) is 1. The number of piperidine rings is 1. The van der Waals surface area contributed by atoms with Gasteiger partial charge in [0.1, 0.15) is 23.2 Å². The van der Waals surface area contributed by atoms with Crippen LogP contribution in [0.1, 0.15) is 30.3 Å².